The van der Waals surface area contributed by atoms with Gasteiger partial charge in [-0.05, 0) is 26.1 Å². The number of fused-ring (bicyclic) bond motifs is 1. The van der Waals surface area contributed by atoms with Crippen LogP contribution in [0.15, 0.2) is 12.1 Å². The highest BCUT2D eigenvalue weighted by Crippen LogP contribution is 2.27. The molecule has 1 amide bonds. The molecular formula is C14H18FN3O2S. The van der Waals surface area contributed by atoms with E-state index in [1.54, 1.807) is 17.7 Å². The second-order valence-electron chi connectivity index (χ2n) is 5.48. The third kappa shape index (κ3) is 2.78. The molecule has 1 aromatic heterocycles. The fourth-order valence-electron chi connectivity index (χ4n) is 2.28. The number of rotatable bonds is 4. The summed E-state index contributed by atoms with van der Waals surface area (Å²) in [5.74, 6) is -0.408. The van der Waals surface area contributed by atoms with Crippen LogP contribution in [-0.4, -0.2) is 29.6 Å². The van der Waals surface area contributed by atoms with Crippen molar-refractivity contribution in [1.29, 1.82) is 0 Å². The summed E-state index contributed by atoms with van der Waals surface area (Å²) in [6.07, 6.45) is 0. The number of nitrogens with one attached hydrogen (secondary N) is 2. The molecule has 0 fully saturated rings. The van der Waals surface area contributed by atoms with Gasteiger partial charge in [0.15, 0.2) is 16.3 Å². The molecule has 5 nitrogen and oxygen atoms in total. The lowest BCUT2D eigenvalue weighted by Gasteiger charge is -2.23. The van der Waals surface area contributed by atoms with Crippen LogP contribution in [0.4, 0.5) is 4.39 Å². The first-order chi connectivity index (χ1) is 9.80. The first-order valence-electron chi connectivity index (χ1n) is 6.48. The topological polar surface area (TPSA) is 59.0 Å². The Labute approximate surface area is 127 Å². The lowest BCUT2D eigenvalue weighted by molar-refractivity contribution is -0.129. The number of hydrogen-bond donors (Lipinski definition) is 2. The highest BCUT2D eigenvalue weighted by Gasteiger charge is 2.28. The van der Waals surface area contributed by atoms with E-state index in [1.807, 2.05) is 13.8 Å². The van der Waals surface area contributed by atoms with Gasteiger partial charge in [-0.25, -0.2) is 4.39 Å². The van der Waals surface area contributed by atoms with Crippen molar-refractivity contribution >= 4 is 29.2 Å². The van der Waals surface area contributed by atoms with Gasteiger partial charge in [-0.3, -0.25) is 4.79 Å². The van der Waals surface area contributed by atoms with Crippen LogP contribution < -0.4 is 10.1 Å². The number of nitrogens with zero attached hydrogens (tertiary/aromatic N) is 1. The van der Waals surface area contributed by atoms with Gasteiger partial charge in [0.1, 0.15) is 0 Å². The van der Waals surface area contributed by atoms with Gasteiger partial charge in [0.2, 0.25) is 5.91 Å². The zero-order valence-corrected chi connectivity index (χ0v) is 13.2. The molecule has 7 heteroatoms. The van der Waals surface area contributed by atoms with E-state index in [1.165, 1.54) is 13.2 Å². The van der Waals surface area contributed by atoms with E-state index in [9.17, 15) is 9.18 Å². The molecule has 0 aliphatic rings. The van der Waals surface area contributed by atoms with Crippen molar-refractivity contribution in [3.8, 4) is 5.75 Å². The maximum atomic E-state index is 13.7. The number of carbonyl (C=O) groups is 1. The third-order valence-corrected chi connectivity index (χ3v) is 3.77. The van der Waals surface area contributed by atoms with E-state index in [-0.39, 0.29) is 11.7 Å². The van der Waals surface area contributed by atoms with Crippen LogP contribution in [0, 0.1) is 16.0 Å². The molecule has 2 rings (SSSR count). The summed E-state index contributed by atoms with van der Waals surface area (Å²) in [4.78, 5) is 14.9. The molecule has 0 unspecified atom stereocenters. The molecule has 1 aromatic carbocycles. The van der Waals surface area contributed by atoms with Crippen molar-refractivity contribution in [2.45, 2.75) is 20.4 Å². The van der Waals surface area contributed by atoms with Crippen LogP contribution in [0.2, 0.25) is 0 Å². The number of imidazole rings is 1. The molecule has 0 spiro atoms. The van der Waals surface area contributed by atoms with Crippen molar-refractivity contribution in [2.75, 3.05) is 14.2 Å². The van der Waals surface area contributed by atoms with Gasteiger partial charge in [0.25, 0.3) is 0 Å². The maximum Gasteiger partial charge on any atom is 0.227 e. The largest absolute Gasteiger partial charge is 0.494 e. The van der Waals surface area contributed by atoms with Crippen molar-refractivity contribution < 1.29 is 13.9 Å². The zero-order chi connectivity index (χ0) is 15.8. The van der Waals surface area contributed by atoms with E-state index in [2.05, 4.69) is 10.3 Å². The monoisotopic (exact) mass is 311 g/mol. The summed E-state index contributed by atoms with van der Waals surface area (Å²) in [6.45, 7) is 4.03. The Morgan fingerprint density at radius 2 is 2.19 bits per heavy atom. The molecule has 0 aliphatic heterocycles. The number of ether oxygens (including phenoxy) is 1. The number of H-pyrrole nitrogens is 1. The van der Waals surface area contributed by atoms with Crippen molar-refractivity contribution in [2.24, 2.45) is 5.41 Å². The molecule has 21 heavy (non-hydrogen) atoms. The molecule has 2 N–H and O–H groups in total. The second kappa shape index (κ2) is 5.48. The number of benzene rings is 1. The second-order valence-corrected chi connectivity index (χ2v) is 5.87. The summed E-state index contributed by atoms with van der Waals surface area (Å²) in [5.41, 5.74) is 0.630. The summed E-state index contributed by atoms with van der Waals surface area (Å²) < 4.78 is 20.9. The Kier molecular flexibility index (Phi) is 4.04. The Morgan fingerprint density at radius 1 is 1.52 bits per heavy atom. The number of hydrogen-bond acceptors (Lipinski definition) is 3. The van der Waals surface area contributed by atoms with Crippen molar-refractivity contribution in [3.63, 3.8) is 0 Å². The summed E-state index contributed by atoms with van der Waals surface area (Å²) in [7, 11) is 3.00. The molecule has 0 saturated carbocycles. The average molecular weight is 311 g/mol. The maximum absolute atomic E-state index is 13.7. The predicted molar refractivity (Wildman–Crippen MR) is 81.5 cm³/mol. The molecule has 0 atom stereocenters. The van der Waals surface area contributed by atoms with Gasteiger partial charge in [0.05, 0.1) is 23.6 Å². The Morgan fingerprint density at radius 3 is 2.76 bits per heavy atom. The minimum absolute atomic E-state index is 0.0900. The number of aromatic nitrogens is 2. The van der Waals surface area contributed by atoms with Gasteiger partial charge in [0, 0.05) is 25.7 Å². The van der Waals surface area contributed by atoms with Gasteiger partial charge in [-0.2, -0.15) is 0 Å². The normalized spacial score (nSPS) is 11.7. The zero-order valence-electron chi connectivity index (χ0n) is 12.4. The van der Waals surface area contributed by atoms with Crippen LogP contribution in [-0.2, 0) is 11.3 Å². The smallest absolute Gasteiger partial charge is 0.227 e. The lowest BCUT2D eigenvalue weighted by atomic mass is 9.92. The summed E-state index contributed by atoms with van der Waals surface area (Å²) in [6, 6.07) is 2.92. The van der Waals surface area contributed by atoms with Gasteiger partial charge in [-0.15, -0.1) is 0 Å². The molecule has 0 saturated heterocycles. The minimum atomic E-state index is -0.649. The number of halogens is 1. The highest BCUT2D eigenvalue weighted by atomic mass is 32.1. The van der Waals surface area contributed by atoms with Crippen LogP contribution >= 0.6 is 12.2 Å². The summed E-state index contributed by atoms with van der Waals surface area (Å²) in [5, 5.41) is 2.64. The Hall–Kier alpha value is -1.89. The Bertz CT molecular complexity index is 748. The van der Waals surface area contributed by atoms with E-state index < -0.39 is 11.2 Å². The lowest BCUT2D eigenvalue weighted by Crippen LogP contribution is -2.37. The number of carbonyl (C=O) groups excluding carboxylic acids is 1. The number of amides is 1. The molecule has 0 radical (unpaired) electrons. The predicted octanol–water partition coefficient (Wildman–Crippen LogP) is 2.62. The van der Waals surface area contributed by atoms with E-state index in [4.69, 9.17) is 17.0 Å². The Balaban J connectivity index is 2.56. The molecule has 114 valence electrons. The number of aromatic amines is 1. The van der Waals surface area contributed by atoms with Crippen LogP contribution in [0.5, 0.6) is 5.75 Å². The fourth-order valence-corrected chi connectivity index (χ4v) is 2.55. The standard InChI is InChI=1S/C14H18FN3O2S/c1-14(2,12(19)16-3)7-18-10-6-11(20-4)8(15)5-9(10)17-13(18)21/h5-6H,7H2,1-4H3,(H,16,19)(H,17,21). The van der Waals surface area contributed by atoms with Gasteiger partial charge in [-0.1, -0.05) is 0 Å². The average Bonchev–Trinajstić information content (AvgIpc) is 2.71. The highest BCUT2D eigenvalue weighted by molar-refractivity contribution is 7.71. The fraction of sp³-hybridized carbons (Fsp3) is 0.429. The first kappa shape index (κ1) is 15.5. The minimum Gasteiger partial charge on any atom is -0.494 e. The molecular weight excluding hydrogens is 293 g/mol. The van der Waals surface area contributed by atoms with Crippen molar-refractivity contribution in [3.05, 3.63) is 22.7 Å². The number of methoxy groups -OCH3 is 1. The van der Waals surface area contributed by atoms with Crippen LogP contribution in [0.25, 0.3) is 11.0 Å². The molecule has 0 bridgehead atoms. The van der Waals surface area contributed by atoms with Crippen molar-refractivity contribution in [1.82, 2.24) is 14.9 Å². The van der Waals surface area contributed by atoms with E-state index in [0.29, 0.717) is 22.3 Å². The molecule has 2 aromatic rings. The third-order valence-electron chi connectivity index (χ3n) is 3.44. The van der Waals surface area contributed by atoms with E-state index >= 15 is 0 Å². The van der Waals surface area contributed by atoms with Crippen LogP contribution in [0.3, 0.4) is 0 Å². The SMILES string of the molecule is CNC(=O)C(C)(C)Cn1c(=S)[nH]c2cc(F)c(OC)cc21. The summed E-state index contributed by atoms with van der Waals surface area (Å²) >= 11 is 5.28. The quantitative estimate of drug-likeness (QED) is 0.853. The van der Waals surface area contributed by atoms with E-state index in [0.717, 1.165) is 0 Å². The van der Waals surface area contributed by atoms with Gasteiger partial charge < -0.3 is 19.6 Å². The van der Waals surface area contributed by atoms with Crippen LogP contribution in [0.1, 0.15) is 13.8 Å². The molecule has 0 aliphatic carbocycles. The van der Waals surface area contributed by atoms with Gasteiger partial charge >= 0.3 is 0 Å². The molecule has 1 heterocycles. The first-order valence-corrected chi connectivity index (χ1v) is 6.89.